The van der Waals surface area contributed by atoms with E-state index < -0.39 is 0 Å². The third-order valence-corrected chi connectivity index (χ3v) is 3.59. The summed E-state index contributed by atoms with van der Waals surface area (Å²) in [5.41, 5.74) is 0. The van der Waals surface area contributed by atoms with Crippen molar-refractivity contribution in [2.75, 3.05) is 20.3 Å². The molecule has 0 aromatic rings. The van der Waals surface area contributed by atoms with Crippen molar-refractivity contribution < 1.29 is 9.47 Å². The van der Waals surface area contributed by atoms with Crippen LogP contribution in [-0.4, -0.2) is 38.5 Å². The Bertz CT molecular complexity index is 172. The second kappa shape index (κ2) is 5.83. The molecule has 15 heavy (non-hydrogen) atoms. The van der Waals surface area contributed by atoms with Gasteiger partial charge in [0.15, 0.2) is 0 Å². The molecule has 1 aliphatic heterocycles. The van der Waals surface area contributed by atoms with Gasteiger partial charge in [-0.1, -0.05) is 0 Å². The van der Waals surface area contributed by atoms with Crippen LogP contribution in [0.15, 0.2) is 0 Å². The average Bonchev–Trinajstić information content (AvgIpc) is 2.31. The normalized spacial score (nSPS) is 37.8. The molecule has 3 heteroatoms. The molecular formula is C12H23NO2. The van der Waals surface area contributed by atoms with Crippen molar-refractivity contribution in [1.29, 1.82) is 0 Å². The van der Waals surface area contributed by atoms with E-state index in [0.29, 0.717) is 18.2 Å². The molecule has 2 rings (SSSR count). The minimum atomic E-state index is 0.370. The largest absolute Gasteiger partial charge is 0.379 e. The first-order valence-corrected chi connectivity index (χ1v) is 6.29. The molecule has 0 bridgehead atoms. The van der Waals surface area contributed by atoms with Crippen molar-refractivity contribution in [1.82, 2.24) is 5.32 Å². The fourth-order valence-corrected chi connectivity index (χ4v) is 2.58. The summed E-state index contributed by atoms with van der Waals surface area (Å²) >= 11 is 0. The third kappa shape index (κ3) is 3.44. The Kier molecular flexibility index (Phi) is 4.42. The SMILES string of the molecule is CNC1CCC(OC2CCCOC2)CC1. The number of rotatable bonds is 3. The van der Waals surface area contributed by atoms with E-state index in [1.54, 1.807) is 0 Å². The van der Waals surface area contributed by atoms with Gasteiger partial charge < -0.3 is 14.8 Å². The zero-order chi connectivity index (χ0) is 10.5. The van der Waals surface area contributed by atoms with Gasteiger partial charge in [0, 0.05) is 12.6 Å². The maximum atomic E-state index is 6.07. The first-order valence-electron chi connectivity index (χ1n) is 6.29. The average molecular weight is 213 g/mol. The molecular weight excluding hydrogens is 190 g/mol. The van der Waals surface area contributed by atoms with Crippen molar-refractivity contribution in [3.8, 4) is 0 Å². The summed E-state index contributed by atoms with van der Waals surface area (Å²) in [7, 11) is 2.06. The summed E-state index contributed by atoms with van der Waals surface area (Å²) in [5.74, 6) is 0. The number of hydrogen-bond donors (Lipinski definition) is 1. The predicted octanol–water partition coefficient (Wildman–Crippen LogP) is 1.71. The zero-order valence-electron chi connectivity index (χ0n) is 9.71. The Morgan fingerprint density at radius 1 is 1.07 bits per heavy atom. The molecule has 3 nitrogen and oxygen atoms in total. The standard InChI is InChI=1S/C12H23NO2/c1-13-10-4-6-11(7-5-10)15-12-3-2-8-14-9-12/h10-13H,2-9H2,1H3. The van der Waals surface area contributed by atoms with Crippen molar-refractivity contribution in [2.45, 2.75) is 56.8 Å². The van der Waals surface area contributed by atoms with E-state index >= 15 is 0 Å². The van der Waals surface area contributed by atoms with Gasteiger partial charge in [0.05, 0.1) is 18.8 Å². The quantitative estimate of drug-likeness (QED) is 0.774. The summed E-state index contributed by atoms with van der Waals surface area (Å²) in [6.07, 6.45) is 8.15. The molecule has 0 aromatic carbocycles. The highest BCUT2D eigenvalue weighted by Gasteiger charge is 2.24. The molecule has 2 aliphatic rings. The van der Waals surface area contributed by atoms with Gasteiger partial charge in [-0.15, -0.1) is 0 Å². The molecule has 2 fully saturated rings. The third-order valence-electron chi connectivity index (χ3n) is 3.59. The second-order valence-electron chi connectivity index (χ2n) is 4.74. The van der Waals surface area contributed by atoms with Crippen LogP contribution in [0.25, 0.3) is 0 Å². The van der Waals surface area contributed by atoms with Crippen LogP contribution >= 0.6 is 0 Å². The van der Waals surface area contributed by atoms with Crippen LogP contribution in [-0.2, 0) is 9.47 Å². The number of ether oxygens (including phenoxy) is 2. The van der Waals surface area contributed by atoms with Crippen LogP contribution < -0.4 is 5.32 Å². The maximum absolute atomic E-state index is 6.07. The molecule has 1 saturated carbocycles. The Labute approximate surface area is 92.5 Å². The van der Waals surface area contributed by atoms with Crippen molar-refractivity contribution >= 4 is 0 Å². The highest BCUT2D eigenvalue weighted by Crippen LogP contribution is 2.24. The molecule has 88 valence electrons. The molecule has 0 radical (unpaired) electrons. The molecule has 1 heterocycles. The smallest absolute Gasteiger partial charge is 0.0813 e. The first-order chi connectivity index (χ1) is 7.38. The monoisotopic (exact) mass is 213 g/mol. The Balaban J connectivity index is 1.67. The maximum Gasteiger partial charge on any atom is 0.0813 e. The van der Waals surface area contributed by atoms with Crippen LogP contribution in [0, 0.1) is 0 Å². The van der Waals surface area contributed by atoms with Gasteiger partial charge in [-0.05, 0) is 45.6 Å². The fraction of sp³-hybridized carbons (Fsp3) is 1.00. The lowest BCUT2D eigenvalue weighted by molar-refractivity contribution is -0.0940. The highest BCUT2D eigenvalue weighted by atomic mass is 16.5. The Morgan fingerprint density at radius 3 is 2.47 bits per heavy atom. The van der Waals surface area contributed by atoms with E-state index in [2.05, 4.69) is 12.4 Å². The summed E-state index contributed by atoms with van der Waals surface area (Å²) in [5, 5.41) is 3.35. The van der Waals surface area contributed by atoms with Crippen molar-refractivity contribution in [2.24, 2.45) is 0 Å². The van der Waals surface area contributed by atoms with Gasteiger partial charge in [-0.2, -0.15) is 0 Å². The second-order valence-corrected chi connectivity index (χ2v) is 4.74. The van der Waals surface area contributed by atoms with Crippen LogP contribution in [0.5, 0.6) is 0 Å². The first kappa shape index (κ1) is 11.4. The number of hydrogen-bond acceptors (Lipinski definition) is 3. The van der Waals surface area contributed by atoms with E-state index in [9.17, 15) is 0 Å². The lowest BCUT2D eigenvalue weighted by Crippen LogP contribution is -2.36. The summed E-state index contributed by atoms with van der Waals surface area (Å²) in [6, 6.07) is 0.715. The van der Waals surface area contributed by atoms with Crippen LogP contribution in [0.3, 0.4) is 0 Å². The fourth-order valence-electron chi connectivity index (χ4n) is 2.58. The van der Waals surface area contributed by atoms with E-state index in [0.717, 1.165) is 19.6 Å². The van der Waals surface area contributed by atoms with E-state index in [4.69, 9.17) is 9.47 Å². The molecule has 1 saturated heterocycles. The van der Waals surface area contributed by atoms with E-state index in [1.807, 2.05) is 0 Å². The van der Waals surface area contributed by atoms with Crippen LogP contribution in [0.2, 0.25) is 0 Å². The van der Waals surface area contributed by atoms with E-state index in [1.165, 1.54) is 32.1 Å². The summed E-state index contributed by atoms with van der Waals surface area (Å²) in [6.45, 7) is 1.73. The number of nitrogens with one attached hydrogen (secondary N) is 1. The van der Waals surface area contributed by atoms with Gasteiger partial charge >= 0.3 is 0 Å². The Hall–Kier alpha value is -0.120. The van der Waals surface area contributed by atoms with Crippen LogP contribution in [0.1, 0.15) is 38.5 Å². The van der Waals surface area contributed by atoms with Gasteiger partial charge in [0.25, 0.3) is 0 Å². The summed E-state index contributed by atoms with van der Waals surface area (Å²) in [4.78, 5) is 0. The van der Waals surface area contributed by atoms with Gasteiger partial charge in [0.2, 0.25) is 0 Å². The van der Waals surface area contributed by atoms with Gasteiger partial charge in [-0.3, -0.25) is 0 Å². The molecule has 0 spiro atoms. The molecule has 1 atom stereocenters. The minimum absolute atomic E-state index is 0.370. The molecule has 0 aromatic heterocycles. The molecule has 1 aliphatic carbocycles. The van der Waals surface area contributed by atoms with Crippen LogP contribution in [0.4, 0.5) is 0 Å². The molecule has 0 amide bonds. The predicted molar refractivity (Wildman–Crippen MR) is 60.0 cm³/mol. The van der Waals surface area contributed by atoms with Crippen molar-refractivity contribution in [3.05, 3.63) is 0 Å². The van der Waals surface area contributed by atoms with Crippen molar-refractivity contribution in [3.63, 3.8) is 0 Å². The lowest BCUT2D eigenvalue weighted by Gasteiger charge is -2.32. The Morgan fingerprint density at radius 2 is 1.87 bits per heavy atom. The van der Waals surface area contributed by atoms with E-state index in [-0.39, 0.29) is 0 Å². The molecule has 1 unspecified atom stereocenters. The highest BCUT2D eigenvalue weighted by molar-refractivity contribution is 4.77. The zero-order valence-corrected chi connectivity index (χ0v) is 9.71. The summed E-state index contributed by atoms with van der Waals surface area (Å²) < 4.78 is 11.5. The topological polar surface area (TPSA) is 30.5 Å². The minimum Gasteiger partial charge on any atom is -0.379 e. The van der Waals surface area contributed by atoms with Gasteiger partial charge in [0.1, 0.15) is 0 Å². The molecule has 1 N–H and O–H groups in total. The lowest BCUT2D eigenvalue weighted by atomic mass is 9.93. The van der Waals surface area contributed by atoms with Gasteiger partial charge in [-0.25, -0.2) is 0 Å².